The Kier molecular flexibility index (Phi) is 5.14. The van der Waals surface area contributed by atoms with E-state index in [4.69, 9.17) is 14.2 Å². The fraction of sp³-hybridized carbons (Fsp3) is 0.318. The van der Waals surface area contributed by atoms with Gasteiger partial charge in [0.15, 0.2) is 5.82 Å². The standard InChI is InChI=1S/C22H23FN6O3/c1-13-15-4-5-19-16-10-14(11-18(23)20(16)26-25-19)17-12-24-28(2)22(17)32-9-7-30-6-8-31-21(15)29(3)27-13/h4-5,10-12H,6-9H2,1-3H3,(H,25,26)/b5-4+. The topological polar surface area (TPSA) is 92.0 Å². The van der Waals surface area contributed by atoms with Crippen molar-refractivity contribution in [3.63, 3.8) is 0 Å². The van der Waals surface area contributed by atoms with Gasteiger partial charge in [0.05, 0.1) is 41.9 Å². The molecule has 10 heteroatoms. The number of aromatic amines is 1. The lowest BCUT2D eigenvalue weighted by Crippen LogP contribution is -2.14. The number of aryl methyl sites for hydroxylation is 3. The molecule has 2 bridgehead atoms. The van der Waals surface area contributed by atoms with Crippen molar-refractivity contribution < 1.29 is 18.6 Å². The Bertz CT molecular complexity index is 1320. The monoisotopic (exact) mass is 438 g/mol. The number of hydrogen-bond donors (Lipinski definition) is 1. The van der Waals surface area contributed by atoms with Crippen LogP contribution in [0.15, 0.2) is 18.3 Å². The molecule has 0 saturated carbocycles. The van der Waals surface area contributed by atoms with Crippen molar-refractivity contribution in [3.05, 3.63) is 41.1 Å². The number of ether oxygens (including phenoxy) is 3. The summed E-state index contributed by atoms with van der Waals surface area (Å²) in [5, 5.41) is 16.5. The third-order valence-electron chi connectivity index (χ3n) is 5.40. The summed E-state index contributed by atoms with van der Waals surface area (Å²) in [4.78, 5) is 0. The van der Waals surface area contributed by atoms with Crippen LogP contribution in [0, 0.1) is 12.7 Å². The second-order valence-corrected chi connectivity index (χ2v) is 7.55. The quantitative estimate of drug-likeness (QED) is 0.454. The number of hydrogen-bond acceptors (Lipinski definition) is 6. The van der Waals surface area contributed by atoms with Gasteiger partial charge in [-0.1, -0.05) is 0 Å². The smallest absolute Gasteiger partial charge is 0.219 e. The summed E-state index contributed by atoms with van der Waals surface area (Å²) in [5.41, 5.74) is 3.96. The molecule has 0 atom stereocenters. The maximum Gasteiger partial charge on any atom is 0.219 e. The molecule has 9 nitrogen and oxygen atoms in total. The third kappa shape index (κ3) is 3.52. The van der Waals surface area contributed by atoms with Crippen LogP contribution in [0.25, 0.3) is 34.2 Å². The zero-order valence-corrected chi connectivity index (χ0v) is 18.1. The van der Waals surface area contributed by atoms with Crippen molar-refractivity contribution in [1.29, 1.82) is 0 Å². The number of nitrogens with one attached hydrogen (secondary N) is 1. The second kappa shape index (κ2) is 8.12. The van der Waals surface area contributed by atoms with E-state index in [0.29, 0.717) is 60.4 Å². The highest BCUT2D eigenvalue weighted by Gasteiger charge is 2.18. The SMILES string of the molecule is Cc1nn(C)c2c1/C=C/c1[nH]nc3c(F)cc(cc13)-c1cnn(C)c1OCCOCCO2. The van der Waals surface area contributed by atoms with Crippen molar-refractivity contribution in [3.8, 4) is 22.9 Å². The van der Waals surface area contributed by atoms with Crippen molar-refractivity contribution in [2.75, 3.05) is 26.4 Å². The molecule has 5 rings (SSSR count). The zero-order valence-electron chi connectivity index (χ0n) is 18.1. The number of H-pyrrole nitrogens is 1. The highest BCUT2D eigenvalue weighted by atomic mass is 19.1. The number of halogens is 1. The van der Waals surface area contributed by atoms with Gasteiger partial charge in [0.1, 0.15) is 18.7 Å². The Morgan fingerprint density at radius 1 is 1.00 bits per heavy atom. The van der Waals surface area contributed by atoms with Crippen LogP contribution in [0.5, 0.6) is 11.8 Å². The lowest BCUT2D eigenvalue weighted by Gasteiger charge is -2.11. The van der Waals surface area contributed by atoms with Crippen LogP contribution in [-0.4, -0.2) is 56.2 Å². The Labute approximate surface area is 183 Å². The maximum absolute atomic E-state index is 14.9. The summed E-state index contributed by atoms with van der Waals surface area (Å²) in [6.45, 7) is 3.39. The summed E-state index contributed by atoms with van der Waals surface area (Å²) >= 11 is 0. The summed E-state index contributed by atoms with van der Waals surface area (Å²) in [6, 6.07) is 3.33. The second-order valence-electron chi connectivity index (χ2n) is 7.55. The Hall–Kier alpha value is -3.66. The number of benzene rings is 1. The van der Waals surface area contributed by atoms with E-state index in [9.17, 15) is 4.39 Å². The van der Waals surface area contributed by atoms with E-state index in [1.807, 2.05) is 32.2 Å². The van der Waals surface area contributed by atoms with E-state index in [1.54, 1.807) is 22.6 Å². The molecule has 4 aromatic rings. The molecule has 4 heterocycles. The van der Waals surface area contributed by atoms with Gasteiger partial charge >= 0.3 is 0 Å². The first kappa shape index (κ1) is 20.3. The van der Waals surface area contributed by atoms with E-state index in [0.717, 1.165) is 11.3 Å². The molecule has 3 aromatic heterocycles. The molecule has 0 spiro atoms. The number of fused-ring (bicyclic) bond motifs is 4. The van der Waals surface area contributed by atoms with E-state index in [-0.39, 0.29) is 5.52 Å². The first-order valence-corrected chi connectivity index (χ1v) is 10.3. The lowest BCUT2D eigenvalue weighted by atomic mass is 10.0. The maximum atomic E-state index is 14.9. The molecule has 1 N–H and O–H groups in total. The minimum Gasteiger partial charge on any atom is -0.475 e. The average Bonchev–Trinajstić information content (AvgIpc) is 3.41. The van der Waals surface area contributed by atoms with Crippen LogP contribution >= 0.6 is 0 Å². The van der Waals surface area contributed by atoms with Crippen LogP contribution < -0.4 is 9.47 Å². The predicted molar refractivity (Wildman–Crippen MR) is 117 cm³/mol. The van der Waals surface area contributed by atoms with E-state index >= 15 is 0 Å². The van der Waals surface area contributed by atoms with Gasteiger partial charge in [-0.3, -0.25) is 5.10 Å². The van der Waals surface area contributed by atoms with E-state index in [1.165, 1.54) is 6.07 Å². The normalized spacial score (nSPS) is 15.6. The van der Waals surface area contributed by atoms with Crippen molar-refractivity contribution in [1.82, 2.24) is 29.8 Å². The van der Waals surface area contributed by atoms with Gasteiger partial charge < -0.3 is 14.2 Å². The Balaban J connectivity index is 1.65. The van der Waals surface area contributed by atoms with Crippen molar-refractivity contribution >= 4 is 23.1 Å². The molecule has 0 unspecified atom stereocenters. The summed E-state index contributed by atoms with van der Waals surface area (Å²) in [5.74, 6) is 0.755. The highest BCUT2D eigenvalue weighted by molar-refractivity contribution is 5.93. The molecule has 166 valence electrons. The van der Waals surface area contributed by atoms with Gasteiger partial charge in [0.2, 0.25) is 11.8 Å². The first-order chi connectivity index (χ1) is 15.5. The number of rotatable bonds is 0. The fourth-order valence-electron chi connectivity index (χ4n) is 3.85. The first-order valence-electron chi connectivity index (χ1n) is 10.3. The molecule has 0 fully saturated rings. The van der Waals surface area contributed by atoms with Gasteiger partial charge in [0.25, 0.3) is 0 Å². The molecule has 1 aliphatic rings. The molecular weight excluding hydrogens is 415 g/mol. The van der Waals surface area contributed by atoms with Gasteiger partial charge in [-0.2, -0.15) is 15.3 Å². The summed E-state index contributed by atoms with van der Waals surface area (Å²) < 4.78 is 35.7. The van der Waals surface area contributed by atoms with Crippen LogP contribution in [-0.2, 0) is 18.8 Å². The zero-order chi connectivity index (χ0) is 22.2. The minimum absolute atomic E-state index is 0.269. The lowest BCUT2D eigenvalue weighted by molar-refractivity contribution is 0.0723. The fourth-order valence-corrected chi connectivity index (χ4v) is 3.85. The van der Waals surface area contributed by atoms with Gasteiger partial charge in [0, 0.05) is 19.5 Å². The molecule has 0 aliphatic carbocycles. The molecular formula is C22H23FN6O3. The van der Waals surface area contributed by atoms with Crippen molar-refractivity contribution in [2.45, 2.75) is 6.92 Å². The molecule has 0 amide bonds. The summed E-state index contributed by atoms with van der Waals surface area (Å²) in [6.07, 6.45) is 5.41. The highest BCUT2D eigenvalue weighted by Crippen LogP contribution is 2.34. The number of aromatic nitrogens is 6. The van der Waals surface area contributed by atoms with E-state index in [2.05, 4.69) is 20.4 Å². The Morgan fingerprint density at radius 3 is 2.59 bits per heavy atom. The Morgan fingerprint density at radius 2 is 1.78 bits per heavy atom. The molecule has 1 aliphatic heterocycles. The minimum atomic E-state index is -0.425. The summed E-state index contributed by atoms with van der Waals surface area (Å²) in [7, 11) is 3.61. The molecule has 1 aromatic carbocycles. The molecule has 0 radical (unpaired) electrons. The predicted octanol–water partition coefficient (Wildman–Crippen LogP) is 3.10. The van der Waals surface area contributed by atoms with Crippen LogP contribution in [0.1, 0.15) is 17.0 Å². The molecule has 0 saturated heterocycles. The van der Waals surface area contributed by atoms with Crippen LogP contribution in [0.4, 0.5) is 4.39 Å². The largest absolute Gasteiger partial charge is 0.475 e. The van der Waals surface area contributed by atoms with Gasteiger partial charge in [-0.15, -0.1) is 0 Å². The number of nitrogens with zero attached hydrogens (tertiary/aromatic N) is 5. The van der Waals surface area contributed by atoms with Gasteiger partial charge in [-0.05, 0) is 36.8 Å². The van der Waals surface area contributed by atoms with Gasteiger partial charge in [-0.25, -0.2) is 13.8 Å². The van der Waals surface area contributed by atoms with Crippen molar-refractivity contribution in [2.24, 2.45) is 14.1 Å². The third-order valence-corrected chi connectivity index (χ3v) is 5.40. The average molecular weight is 438 g/mol. The van der Waals surface area contributed by atoms with Crippen LogP contribution in [0.2, 0.25) is 0 Å². The molecule has 32 heavy (non-hydrogen) atoms. The van der Waals surface area contributed by atoms with Crippen LogP contribution in [0.3, 0.4) is 0 Å². The van der Waals surface area contributed by atoms with E-state index < -0.39 is 5.82 Å².